The number of carboxylic acid groups (broad SMARTS) is 1. The smallest absolute Gasteiger partial charge is 0.335 e. The maximum absolute atomic E-state index is 12.4. The van der Waals surface area contributed by atoms with Gasteiger partial charge in [-0.05, 0) is 43.4 Å². The summed E-state index contributed by atoms with van der Waals surface area (Å²) in [5.74, 6) is -0.526. The molecule has 0 spiro atoms. The predicted octanol–water partition coefficient (Wildman–Crippen LogP) is 3.10. The second-order valence-corrected chi connectivity index (χ2v) is 6.28. The number of amides is 2. The molecule has 1 saturated carbocycles. The van der Waals surface area contributed by atoms with Gasteiger partial charge in [-0.2, -0.15) is 0 Å². The van der Waals surface area contributed by atoms with Gasteiger partial charge in [-0.3, -0.25) is 0 Å². The van der Waals surface area contributed by atoms with Gasteiger partial charge in [0.1, 0.15) is 0 Å². The fourth-order valence-electron chi connectivity index (χ4n) is 2.39. The molecule has 0 saturated heterocycles. The van der Waals surface area contributed by atoms with Crippen LogP contribution in [0.3, 0.4) is 0 Å². The maximum atomic E-state index is 12.4. The third kappa shape index (κ3) is 4.00. The molecule has 1 aliphatic rings. The zero-order valence-electron chi connectivity index (χ0n) is 13.4. The molecule has 1 fully saturated rings. The fourth-order valence-corrected chi connectivity index (χ4v) is 2.39. The van der Waals surface area contributed by atoms with Crippen molar-refractivity contribution in [2.75, 3.05) is 0 Å². The van der Waals surface area contributed by atoms with Crippen LogP contribution in [-0.4, -0.2) is 34.1 Å². The molecule has 1 atom stereocenters. The van der Waals surface area contributed by atoms with Crippen molar-refractivity contribution >= 4 is 12.0 Å². The molecular formula is C17H24N2O3. The highest BCUT2D eigenvalue weighted by Gasteiger charge is 2.36. The van der Waals surface area contributed by atoms with Crippen molar-refractivity contribution in [1.29, 1.82) is 0 Å². The average molecular weight is 304 g/mol. The monoisotopic (exact) mass is 304 g/mol. The molecule has 2 amide bonds. The molecule has 1 aromatic carbocycles. The first-order chi connectivity index (χ1) is 10.4. The van der Waals surface area contributed by atoms with Crippen molar-refractivity contribution in [2.45, 2.75) is 52.2 Å². The van der Waals surface area contributed by atoms with Gasteiger partial charge >= 0.3 is 12.0 Å². The Morgan fingerprint density at radius 2 is 1.82 bits per heavy atom. The first-order valence-corrected chi connectivity index (χ1v) is 7.78. The zero-order valence-corrected chi connectivity index (χ0v) is 13.4. The van der Waals surface area contributed by atoms with E-state index in [0.717, 1.165) is 18.4 Å². The molecule has 0 heterocycles. The minimum absolute atomic E-state index is 0.0361. The van der Waals surface area contributed by atoms with E-state index in [1.165, 1.54) is 0 Å². The van der Waals surface area contributed by atoms with Crippen LogP contribution < -0.4 is 5.32 Å². The third-order valence-electron chi connectivity index (χ3n) is 4.22. The Balaban J connectivity index is 1.94. The van der Waals surface area contributed by atoms with E-state index in [0.29, 0.717) is 18.5 Å². The number of nitrogens with zero attached hydrogens (tertiary/aromatic N) is 1. The number of carboxylic acids is 1. The van der Waals surface area contributed by atoms with Crippen molar-refractivity contribution in [3.8, 4) is 0 Å². The summed E-state index contributed by atoms with van der Waals surface area (Å²) in [7, 11) is 0. The molecule has 1 unspecified atom stereocenters. The van der Waals surface area contributed by atoms with Crippen molar-refractivity contribution in [2.24, 2.45) is 5.92 Å². The first-order valence-electron chi connectivity index (χ1n) is 7.78. The van der Waals surface area contributed by atoms with Crippen molar-refractivity contribution in [1.82, 2.24) is 10.2 Å². The van der Waals surface area contributed by atoms with Gasteiger partial charge in [0, 0.05) is 18.6 Å². The Kier molecular flexibility index (Phi) is 5.06. The second-order valence-electron chi connectivity index (χ2n) is 6.28. The topological polar surface area (TPSA) is 69.6 Å². The lowest BCUT2D eigenvalue weighted by Crippen LogP contribution is -2.48. The largest absolute Gasteiger partial charge is 0.478 e. The Hall–Kier alpha value is -2.04. The van der Waals surface area contributed by atoms with Crippen LogP contribution in [0.2, 0.25) is 0 Å². The molecule has 22 heavy (non-hydrogen) atoms. The summed E-state index contributed by atoms with van der Waals surface area (Å²) in [6.45, 7) is 6.74. The quantitative estimate of drug-likeness (QED) is 0.848. The van der Waals surface area contributed by atoms with E-state index in [2.05, 4.69) is 26.1 Å². The van der Waals surface area contributed by atoms with Gasteiger partial charge in [-0.15, -0.1) is 0 Å². The number of aromatic carboxylic acids is 1. The number of carbonyl (C=O) groups is 2. The number of hydrogen-bond donors (Lipinski definition) is 2. The van der Waals surface area contributed by atoms with Gasteiger partial charge in [-0.25, -0.2) is 9.59 Å². The number of hydrogen-bond acceptors (Lipinski definition) is 2. The summed E-state index contributed by atoms with van der Waals surface area (Å²) in [6, 6.07) is 7.12. The molecule has 2 rings (SSSR count). The molecule has 0 radical (unpaired) electrons. The maximum Gasteiger partial charge on any atom is 0.335 e. The summed E-state index contributed by atoms with van der Waals surface area (Å²) in [6.07, 6.45) is 2.16. The van der Waals surface area contributed by atoms with Crippen LogP contribution in [0.5, 0.6) is 0 Å². The second kappa shape index (κ2) is 6.81. The Morgan fingerprint density at radius 1 is 1.23 bits per heavy atom. The van der Waals surface area contributed by atoms with Crippen LogP contribution in [0.15, 0.2) is 24.3 Å². The Labute approximate surface area is 131 Å². The molecule has 0 aliphatic heterocycles. The lowest BCUT2D eigenvalue weighted by atomic mass is 10.0. The van der Waals surface area contributed by atoms with E-state index < -0.39 is 5.97 Å². The third-order valence-corrected chi connectivity index (χ3v) is 4.22. The van der Waals surface area contributed by atoms with E-state index in [1.54, 1.807) is 24.3 Å². The van der Waals surface area contributed by atoms with Crippen LogP contribution in [-0.2, 0) is 6.54 Å². The number of benzene rings is 1. The van der Waals surface area contributed by atoms with Crippen LogP contribution in [0.4, 0.5) is 4.79 Å². The molecule has 0 bridgehead atoms. The van der Waals surface area contributed by atoms with Gasteiger partial charge < -0.3 is 15.3 Å². The fraction of sp³-hybridized carbons (Fsp3) is 0.529. The molecule has 5 heteroatoms. The highest BCUT2D eigenvalue weighted by Crippen LogP contribution is 2.30. The molecule has 5 nitrogen and oxygen atoms in total. The average Bonchev–Trinajstić information content (AvgIpc) is 3.30. The molecular weight excluding hydrogens is 280 g/mol. The van der Waals surface area contributed by atoms with Gasteiger partial charge in [0.25, 0.3) is 0 Å². The molecule has 1 aliphatic carbocycles. The minimum Gasteiger partial charge on any atom is -0.478 e. The summed E-state index contributed by atoms with van der Waals surface area (Å²) in [5.41, 5.74) is 1.15. The number of rotatable bonds is 6. The van der Waals surface area contributed by atoms with E-state index in [4.69, 9.17) is 5.11 Å². The van der Waals surface area contributed by atoms with Gasteiger partial charge in [0.05, 0.1) is 5.56 Å². The summed E-state index contributed by atoms with van der Waals surface area (Å²) < 4.78 is 0. The molecule has 2 N–H and O–H groups in total. The van der Waals surface area contributed by atoms with E-state index in [1.807, 2.05) is 4.90 Å². The first kappa shape index (κ1) is 16.3. The minimum atomic E-state index is -0.943. The van der Waals surface area contributed by atoms with E-state index >= 15 is 0 Å². The van der Waals surface area contributed by atoms with Crippen molar-refractivity contribution in [3.63, 3.8) is 0 Å². The van der Waals surface area contributed by atoms with Crippen molar-refractivity contribution in [3.05, 3.63) is 35.4 Å². The van der Waals surface area contributed by atoms with Crippen LogP contribution in [0, 0.1) is 5.92 Å². The summed E-state index contributed by atoms with van der Waals surface area (Å²) >= 11 is 0. The molecule has 120 valence electrons. The van der Waals surface area contributed by atoms with E-state index in [-0.39, 0.29) is 17.6 Å². The normalized spacial score (nSPS) is 15.5. The predicted molar refractivity (Wildman–Crippen MR) is 84.8 cm³/mol. The zero-order chi connectivity index (χ0) is 16.3. The lowest BCUT2D eigenvalue weighted by molar-refractivity contribution is 0.0697. The van der Waals surface area contributed by atoms with Crippen LogP contribution in [0.25, 0.3) is 0 Å². The number of carbonyl (C=O) groups excluding carboxylic acids is 1. The Morgan fingerprint density at radius 3 is 2.27 bits per heavy atom. The van der Waals surface area contributed by atoms with Crippen molar-refractivity contribution < 1.29 is 14.7 Å². The summed E-state index contributed by atoms with van der Waals surface area (Å²) in [5, 5.41) is 11.8. The highest BCUT2D eigenvalue weighted by molar-refractivity contribution is 5.87. The number of urea groups is 1. The van der Waals surface area contributed by atoms with Crippen LogP contribution in [0.1, 0.15) is 49.5 Å². The molecule has 0 aromatic heterocycles. The van der Waals surface area contributed by atoms with E-state index in [9.17, 15) is 9.59 Å². The summed E-state index contributed by atoms with van der Waals surface area (Å²) in [4.78, 5) is 25.2. The highest BCUT2D eigenvalue weighted by atomic mass is 16.4. The Bertz CT molecular complexity index is 535. The van der Waals surface area contributed by atoms with Gasteiger partial charge in [0.2, 0.25) is 0 Å². The lowest BCUT2D eigenvalue weighted by Gasteiger charge is -2.32. The van der Waals surface area contributed by atoms with Gasteiger partial charge in [-0.1, -0.05) is 26.0 Å². The molecule has 1 aromatic rings. The van der Waals surface area contributed by atoms with Crippen LogP contribution >= 0.6 is 0 Å². The SMILES string of the molecule is CC(C)C(C)N(C(=O)NCc1ccc(C(=O)O)cc1)C1CC1. The number of nitrogens with one attached hydrogen (secondary N) is 1. The van der Waals surface area contributed by atoms with Gasteiger partial charge in [0.15, 0.2) is 0 Å². The standard InChI is InChI=1S/C17H24N2O3/c1-11(2)12(3)19(15-8-9-15)17(22)18-10-13-4-6-14(7-5-13)16(20)21/h4-7,11-12,15H,8-10H2,1-3H3,(H,18,22)(H,20,21).